The number of methoxy groups -OCH3 is 1. The van der Waals surface area contributed by atoms with Crippen LogP contribution in [0.1, 0.15) is 61.3 Å². The molecule has 9 atom stereocenters. The summed E-state index contributed by atoms with van der Waals surface area (Å²) in [7, 11) is 1.14. The molecule has 1 amide bonds. The van der Waals surface area contributed by atoms with E-state index in [0.29, 0.717) is 13.0 Å². The zero-order valence-corrected chi connectivity index (χ0v) is 23.7. The van der Waals surface area contributed by atoms with E-state index < -0.39 is 84.5 Å². The van der Waals surface area contributed by atoms with Crippen LogP contribution in [0.2, 0.25) is 0 Å². The quantitative estimate of drug-likeness (QED) is 0.286. The number of aliphatic hydroxyl groups excluding tert-OH is 2. The van der Waals surface area contributed by atoms with Gasteiger partial charge in [-0.25, -0.2) is 14.4 Å². The molecule has 0 aromatic heterocycles. The van der Waals surface area contributed by atoms with Gasteiger partial charge in [0.2, 0.25) is 0 Å². The van der Waals surface area contributed by atoms with Crippen molar-refractivity contribution in [2.24, 2.45) is 0 Å². The second-order valence-electron chi connectivity index (χ2n) is 11.4. The molecule has 0 aliphatic carbocycles. The van der Waals surface area contributed by atoms with Gasteiger partial charge in [0, 0.05) is 13.0 Å². The number of alkyl carbamates (subject to hydrolysis) is 1. The van der Waals surface area contributed by atoms with Crippen LogP contribution in [0.25, 0.3) is 0 Å². The van der Waals surface area contributed by atoms with Crippen LogP contribution in [0, 0.1) is 0 Å². The summed E-state index contributed by atoms with van der Waals surface area (Å²) in [6, 6.07) is 0. The van der Waals surface area contributed by atoms with Crippen molar-refractivity contribution in [3.05, 3.63) is 0 Å². The monoisotopic (exact) mass is 565 g/mol. The van der Waals surface area contributed by atoms with E-state index in [1.807, 2.05) is 6.92 Å². The molecule has 14 heteroatoms. The molecule has 2 heterocycles. The van der Waals surface area contributed by atoms with E-state index in [1.165, 1.54) is 0 Å². The maximum Gasteiger partial charge on any atom is 0.407 e. The molecular weight excluding hydrogens is 522 g/mol. The Labute approximate surface area is 228 Å². The van der Waals surface area contributed by atoms with Crippen molar-refractivity contribution in [3.8, 4) is 0 Å². The van der Waals surface area contributed by atoms with Gasteiger partial charge in [-0.15, -0.1) is 0 Å². The average molecular weight is 566 g/mol. The minimum Gasteiger partial charge on any atom is -0.479 e. The number of carbonyl (C=O) groups excluding carboxylic acids is 2. The fourth-order valence-electron chi connectivity index (χ4n) is 4.08. The molecule has 0 bridgehead atoms. The van der Waals surface area contributed by atoms with Crippen LogP contribution in [0.3, 0.4) is 0 Å². The first kappa shape index (κ1) is 33.1. The van der Waals surface area contributed by atoms with E-state index in [0.717, 1.165) is 7.11 Å². The van der Waals surface area contributed by atoms with Crippen molar-refractivity contribution >= 4 is 18.0 Å². The predicted molar refractivity (Wildman–Crippen MR) is 133 cm³/mol. The lowest BCUT2D eigenvalue weighted by atomic mass is 9.96. The summed E-state index contributed by atoms with van der Waals surface area (Å²) >= 11 is 0. The average Bonchev–Trinajstić information content (AvgIpc) is 2.80. The second kappa shape index (κ2) is 13.5. The maximum absolute atomic E-state index is 12.5. The largest absolute Gasteiger partial charge is 0.479 e. The van der Waals surface area contributed by atoms with E-state index in [1.54, 1.807) is 41.5 Å². The maximum atomic E-state index is 12.5. The summed E-state index contributed by atoms with van der Waals surface area (Å²) in [5, 5.41) is 34.4. The number of hydrogen-bond donors (Lipinski definition) is 4. The molecule has 0 radical (unpaired) electrons. The molecule has 39 heavy (non-hydrogen) atoms. The highest BCUT2D eigenvalue weighted by Crippen LogP contribution is 2.34. The number of carbonyl (C=O) groups is 3. The first-order valence-corrected chi connectivity index (χ1v) is 12.9. The van der Waals surface area contributed by atoms with Crippen LogP contribution in [-0.4, -0.2) is 114 Å². The normalized spacial score (nSPS) is 33.7. The number of ether oxygens (including phenoxy) is 7. The van der Waals surface area contributed by atoms with Gasteiger partial charge in [-0.3, -0.25) is 0 Å². The van der Waals surface area contributed by atoms with Crippen molar-refractivity contribution in [2.45, 2.75) is 128 Å². The zero-order chi connectivity index (χ0) is 29.7. The topological polar surface area (TPSA) is 189 Å². The number of esters is 1. The highest BCUT2D eigenvalue weighted by molar-refractivity contribution is 5.75. The van der Waals surface area contributed by atoms with Gasteiger partial charge in [-0.2, -0.15) is 0 Å². The summed E-state index contributed by atoms with van der Waals surface area (Å²) in [5.74, 6) is -2.34. The highest BCUT2D eigenvalue weighted by Gasteiger charge is 2.54. The van der Waals surface area contributed by atoms with Crippen LogP contribution in [0.15, 0.2) is 0 Å². The van der Waals surface area contributed by atoms with E-state index in [9.17, 15) is 29.7 Å². The molecule has 0 aromatic carbocycles. The van der Waals surface area contributed by atoms with Crippen molar-refractivity contribution in [1.82, 2.24) is 5.32 Å². The Morgan fingerprint density at radius 2 is 1.54 bits per heavy atom. The summed E-state index contributed by atoms with van der Waals surface area (Å²) in [6.45, 7) is 12.4. The molecule has 226 valence electrons. The third-order valence-electron chi connectivity index (χ3n) is 5.64. The van der Waals surface area contributed by atoms with Gasteiger partial charge in [0.15, 0.2) is 30.9 Å². The van der Waals surface area contributed by atoms with Gasteiger partial charge < -0.3 is 53.8 Å². The molecule has 2 fully saturated rings. The lowest BCUT2D eigenvalue weighted by Crippen LogP contribution is -2.65. The Hall–Kier alpha value is -2.07. The molecule has 2 aliphatic heterocycles. The number of aliphatic carboxylic acids is 1. The molecule has 0 spiro atoms. The van der Waals surface area contributed by atoms with Crippen LogP contribution in [0.5, 0.6) is 0 Å². The molecule has 2 rings (SSSR count). The van der Waals surface area contributed by atoms with Crippen LogP contribution >= 0.6 is 0 Å². The SMILES string of the molecule is CCCNC(=O)OC1C(OC(C)(C)C)OC(C(=O)O)C(OC2CC(O)C(OC(C)(C)C)[C@H](C(=O)OC)O2)C1O. The molecule has 14 nitrogen and oxygen atoms in total. The van der Waals surface area contributed by atoms with E-state index in [2.05, 4.69) is 5.32 Å². The summed E-state index contributed by atoms with van der Waals surface area (Å²) < 4.78 is 38.9. The first-order chi connectivity index (χ1) is 18.0. The van der Waals surface area contributed by atoms with Crippen molar-refractivity contribution in [2.75, 3.05) is 13.7 Å². The van der Waals surface area contributed by atoms with Gasteiger partial charge in [-0.05, 0) is 48.0 Å². The Bertz CT molecular complexity index is 839. The molecule has 0 aromatic rings. The minimum absolute atomic E-state index is 0.242. The van der Waals surface area contributed by atoms with Gasteiger partial charge in [0.1, 0.15) is 18.3 Å². The van der Waals surface area contributed by atoms with Gasteiger partial charge in [-0.1, -0.05) is 6.92 Å². The Morgan fingerprint density at radius 3 is 2.05 bits per heavy atom. The molecule has 4 N–H and O–H groups in total. The first-order valence-electron chi connectivity index (χ1n) is 12.9. The smallest absolute Gasteiger partial charge is 0.407 e. The van der Waals surface area contributed by atoms with Crippen molar-refractivity contribution in [1.29, 1.82) is 0 Å². The van der Waals surface area contributed by atoms with Crippen LogP contribution in [-0.2, 0) is 42.7 Å². The predicted octanol–water partition coefficient (Wildman–Crippen LogP) is 0.695. The zero-order valence-electron chi connectivity index (χ0n) is 23.7. The minimum atomic E-state index is -1.79. The summed E-state index contributed by atoms with van der Waals surface area (Å²) in [5.41, 5.74) is -1.61. The number of aliphatic hydroxyl groups is 2. The van der Waals surface area contributed by atoms with Gasteiger partial charge in [0.25, 0.3) is 0 Å². The lowest BCUT2D eigenvalue weighted by Gasteiger charge is -2.46. The Balaban J connectivity index is 2.33. The van der Waals surface area contributed by atoms with E-state index >= 15 is 0 Å². The third-order valence-corrected chi connectivity index (χ3v) is 5.64. The molecule has 2 aliphatic rings. The standard InChI is InChI=1S/C25H43NO13/c1-9-10-26-23(32)37-17-14(28)16(18(20(29)30)36-22(17)39-25(5,6)7)34-13-11-12(27)15(38-24(2,3)4)19(35-13)21(31)33-8/h12-19,22,27-28H,9-11H2,1-8H3,(H,26,32)(H,29,30)/t12?,13?,14?,15?,16?,17?,18?,19-,22?/m1/s1. The molecule has 2 saturated heterocycles. The number of carboxylic acid groups (broad SMARTS) is 1. The number of hydrogen-bond acceptors (Lipinski definition) is 12. The Kier molecular flexibility index (Phi) is 11.5. The fourth-order valence-corrected chi connectivity index (χ4v) is 4.08. The van der Waals surface area contributed by atoms with E-state index in [4.69, 9.17) is 33.2 Å². The third kappa shape index (κ3) is 9.52. The number of rotatable bonds is 9. The van der Waals surface area contributed by atoms with Crippen LogP contribution < -0.4 is 5.32 Å². The highest BCUT2D eigenvalue weighted by atomic mass is 16.8. The number of carboxylic acids is 1. The molecule has 0 saturated carbocycles. The lowest BCUT2D eigenvalue weighted by molar-refractivity contribution is -0.346. The number of nitrogens with one attached hydrogen (secondary N) is 1. The second-order valence-corrected chi connectivity index (χ2v) is 11.4. The van der Waals surface area contributed by atoms with Gasteiger partial charge >= 0.3 is 18.0 Å². The molecule has 8 unspecified atom stereocenters. The van der Waals surface area contributed by atoms with Gasteiger partial charge in [0.05, 0.1) is 24.4 Å². The molecular formula is C25H43NO13. The van der Waals surface area contributed by atoms with Crippen LogP contribution in [0.4, 0.5) is 4.79 Å². The van der Waals surface area contributed by atoms with Crippen molar-refractivity contribution in [3.63, 3.8) is 0 Å². The van der Waals surface area contributed by atoms with Crippen molar-refractivity contribution < 1.29 is 62.9 Å². The fraction of sp³-hybridized carbons (Fsp3) is 0.880. The van der Waals surface area contributed by atoms with E-state index in [-0.39, 0.29) is 6.42 Å². The number of amides is 1. The summed E-state index contributed by atoms with van der Waals surface area (Å²) in [4.78, 5) is 37.0. The summed E-state index contributed by atoms with van der Waals surface area (Å²) in [6.07, 6.45) is -13.8. The Morgan fingerprint density at radius 1 is 0.923 bits per heavy atom.